The van der Waals surface area contributed by atoms with Crippen LogP contribution < -0.4 is 5.69 Å². The highest BCUT2D eigenvalue weighted by Gasteiger charge is 2.30. The standard InChI is InChI=1S/C19H19N3O5S/c23-18-21(14-10-12-20(13-11-14)19(24)25)16-8-4-5-9-17(16)22(18)28(26,27)15-6-2-1-3-7-15/h1-9,14H,10-13H2,(H,24,25). The van der Waals surface area contributed by atoms with Crippen LogP contribution >= 0.6 is 0 Å². The molecule has 0 radical (unpaired) electrons. The van der Waals surface area contributed by atoms with Crippen LogP contribution in [0.25, 0.3) is 11.0 Å². The molecule has 1 N–H and O–H groups in total. The van der Waals surface area contributed by atoms with Gasteiger partial charge in [0.05, 0.1) is 15.9 Å². The summed E-state index contributed by atoms with van der Waals surface area (Å²) in [7, 11) is -4.06. The van der Waals surface area contributed by atoms with Crippen LogP contribution in [0.2, 0.25) is 0 Å². The van der Waals surface area contributed by atoms with Crippen molar-refractivity contribution >= 4 is 27.1 Å². The summed E-state index contributed by atoms with van der Waals surface area (Å²) < 4.78 is 28.7. The summed E-state index contributed by atoms with van der Waals surface area (Å²) in [5, 5.41) is 9.13. The Balaban J connectivity index is 1.86. The summed E-state index contributed by atoms with van der Waals surface area (Å²) in [6, 6.07) is 14.4. The molecule has 1 fully saturated rings. The van der Waals surface area contributed by atoms with Crippen molar-refractivity contribution in [3.05, 3.63) is 65.1 Å². The topological polar surface area (TPSA) is 102 Å². The maximum Gasteiger partial charge on any atom is 0.407 e. The molecule has 146 valence electrons. The number of fused-ring (bicyclic) bond motifs is 1. The SMILES string of the molecule is O=C(O)N1CCC(n2c(=O)n(S(=O)(=O)c3ccccc3)c3ccccc32)CC1. The minimum absolute atomic E-state index is 0.0423. The first-order valence-electron chi connectivity index (χ1n) is 8.92. The molecule has 0 unspecified atom stereocenters. The van der Waals surface area contributed by atoms with Crippen LogP contribution in [0, 0.1) is 0 Å². The van der Waals surface area contributed by atoms with E-state index < -0.39 is 21.8 Å². The largest absolute Gasteiger partial charge is 0.465 e. The first-order chi connectivity index (χ1) is 13.4. The van der Waals surface area contributed by atoms with Gasteiger partial charge in [0.2, 0.25) is 0 Å². The van der Waals surface area contributed by atoms with Crippen LogP contribution in [0.1, 0.15) is 18.9 Å². The molecule has 28 heavy (non-hydrogen) atoms. The molecular formula is C19H19N3O5S. The molecule has 2 heterocycles. The number of carboxylic acid groups (broad SMARTS) is 1. The highest BCUT2D eigenvalue weighted by atomic mass is 32.2. The Morgan fingerprint density at radius 1 is 0.929 bits per heavy atom. The maximum atomic E-state index is 13.2. The molecule has 1 saturated heterocycles. The zero-order chi connectivity index (χ0) is 19.9. The van der Waals surface area contributed by atoms with Gasteiger partial charge in [-0.2, -0.15) is 3.97 Å². The van der Waals surface area contributed by atoms with E-state index >= 15 is 0 Å². The molecule has 0 saturated carbocycles. The van der Waals surface area contributed by atoms with Crippen LogP contribution in [0.3, 0.4) is 0 Å². The van der Waals surface area contributed by atoms with E-state index in [9.17, 15) is 18.0 Å². The molecule has 0 bridgehead atoms. The number of amides is 1. The third kappa shape index (κ3) is 2.88. The van der Waals surface area contributed by atoms with E-state index in [1.165, 1.54) is 21.6 Å². The number of carbonyl (C=O) groups is 1. The fourth-order valence-corrected chi connectivity index (χ4v) is 5.16. The highest BCUT2D eigenvalue weighted by Crippen LogP contribution is 2.27. The van der Waals surface area contributed by atoms with Crippen LogP contribution in [0.4, 0.5) is 4.79 Å². The molecule has 2 aromatic carbocycles. The Bertz CT molecular complexity index is 1190. The predicted octanol–water partition coefficient (Wildman–Crippen LogP) is 2.35. The van der Waals surface area contributed by atoms with Gasteiger partial charge in [-0.05, 0) is 37.1 Å². The van der Waals surface area contributed by atoms with Gasteiger partial charge in [0.25, 0.3) is 10.0 Å². The van der Waals surface area contributed by atoms with Gasteiger partial charge in [-0.3, -0.25) is 4.57 Å². The second-order valence-electron chi connectivity index (χ2n) is 6.72. The van der Waals surface area contributed by atoms with Gasteiger partial charge in [-0.25, -0.2) is 18.0 Å². The zero-order valence-corrected chi connectivity index (χ0v) is 15.7. The lowest BCUT2D eigenvalue weighted by Gasteiger charge is -2.30. The summed E-state index contributed by atoms with van der Waals surface area (Å²) in [4.78, 5) is 25.7. The monoisotopic (exact) mass is 401 g/mol. The first kappa shape index (κ1) is 18.3. The van der Waals surface area contributed by atoms with Crippen LogP contribution in [-0.2, 0) is 10.0 Å². The number of imidazole rings is 1. The van der Waals surface area contributed by atoms with Crippen molar-refractivity contribution in [1.82, 2.24) is 13.4 Å². The molecule has 1 aliphatic heterocycles. The number of aromatic nitrogens is 2. The molecule has 0 atom stereocenters. The molecule has 1 aliphatic rings. The quantitative estimate of drug-likeness (QED) is 0.726. The molecule has 8 nitrogen and oxygen atoms in total. The van der Waals surface area contributed by atoms with E-state index in [4.69, 9.17) is 5.11 Å². The number of hydrogen-bond acceptors (Lipinski definition) is 4. The normalized spacial score (nSPS) is 15.8. The molecule has 9 heteroatoms. The summed E-state index contributed by atoms with van der Waals surface area (Å²) >= 11 is 0. The third-order valence-electron chi connectivity index (χ3n) is 5.12. The van der Waals surface area contributed by atoms with Crippen molar-refractivity contribution in [2.24, 2.45) is 0 Å². The predicted molar refractivity (Wildman–Crippen MR) is 103 cm³/mol. The van der Waals surface area contributed by atoms with E-state index in [1.54, 1.807) is 42.5 Å². The van der Waals surface area contributed by atoms with Crippen molar-refractivity contribution in [3.8, 4) is 0 Å². The van der Waals surface area contributed by atoms with Gasteiger partial charge in [0.1, 0.15) is 0 Å². The van der Waals surface area contributed by atoms with E-state index in [2.05, 4.69) is 0 Å². The van der Waals surface area contributed by atoms with E-state index in [0.717, 1.165) is 3.97 Å². The van der Waals surface area contributed by atoms with Crippen molar-refractivity contribution in [2.45, 2.75) is 23.8 Å². The number of rotatable bonds is 3. The number of hydrogen-bond donors (Lipinski definition) is 1. The highest BCUT2D eigenvalue weighted by molar-refractivity contribution is 7.90. The van der Waals surface area contributed by atoms with Gasteiger partial charge >= 0.3 is 11.8 Å². The average molecular weight is 401 g/mol. The minimum Gasteiger partial charge on any atom is -0.465 e. The lowest BCUT2D eigenvalue weighted by Crippen LogP contribution is -2.40. The fraction of sp³-hybridized carbons (Fsp3) is 0.263. The van der Waals surface area contributed by atoms with Crippen molar-refractivity contribution < 1.29 is 18.3 Å². The van der Waals surface area contributed by atoms with Crippen molar-refractivity contribution in [2.75, 3.05) is 13.1 Å². The van der Waals surface area contributed by atoms with Gasteiger partial charge in [-0.15, -0.1) is 0 Å². The number of likely N-dealkylation sites (tertiary alicyclic amines) is 1. The second kappa shape index (κ2) is 6.83. The second-order valence-corrected chi connectivity index (χ2v) is 8.51. The van der Waals surface area contributed by atoms with E-state index in [-0.39, 0.29) is 10.9 Å². The van der Waals surface area contributed by atoms with Crippen molar-refractivity contribution in [1.29, 1.82) is 0 Å². The molecule has 4 rings (SSSR count). The van der Waals surface area contributed by atoms with Crippen molar-refractivity contribution in [3.63, 3.8) is 0 Å². The van der Waals surface area contributed by atoms with Crippen LogP contribution in [0.15, 0.2) is 64.3 Å². The lowest BCUT2D eigenvalue weighted by molar-refractivity contribution is 0.125. The molecule has 0 aliphatic carbocycles. The van der Waals surface area contributed by atoms with E-state index in [0.29, 0.717) is 37.0 Å². The molecule has 3 aromatic rings. The smallest absolute Gasteiger partial charge is 0.407 e. The lowest BCUT2D eigenvalue weighted by atomic mass is 10.1. The number of para-hydroxylation sites is 2. The molecular weight excluding hydrogens is 382 g/mol. The summed E-state index contributed by atoms with van der Waals surface area (Å²) in [6.07, 6.45) is -0.0862. The Labute approximate surface area is 161 Å². The summed E-state index contributed by atoms with van der Waals surface area (Å²) in [6.45, 7) is 0.606. The maximum absolute atomic E-state index is 13.2. The minimum atomic E-state index is -4.06. The summed E-state index contributed by atoms with van der Waals surface area (Å²) in [5.74, 6) is 0. The first-order valence-corrected chi connectivity index (χ1v) is 10.4. The average Bonchev–Trinajstić information content (AvgIpc) is 3.01. The number of piperidine rings is 1. The molecule has 0 spiro atoms. The third-order valence-corrected chi connectivity index (χ3v) is 6.82. The van der Waals surface area contributed by atoms with Gasteiger partial charge in [-0.1, -0.05) is 30.3 Å². The fourth-order valence-electron chi connectivity index (χ4n) is 3.74. The van der Waals surface area contributed by atoms with Gasteiger partial charge in [0.15, 0.2) is 0 Å². The Kier molecular flexibility index (Phi) is 4.46. The molecule has 1 amide bonds. The number of benzene rings is 2. The van der Waals surface area contributed by atoms with Gasteiger partial charge < -0.3 is 10.0 Å². The Morgan fingerprint density at radius 2 is 1.50 bits per heavy atom. The molecule has 1 aromatic heterocycles. The number of nitrogens with zero attached hydrogens (tertiary/aromatic N) is 3. The van der Waals surface area contributed by atoms with Gasteiger partial charge in [0, 0.05) is 19.1 Å². The zero-order valence-electron chi connectivity index (χ0n) is 14.9. The van der Waals surface area contributed by atoms with Crippen LogP contribution in [-0.4, -0.2) is 46.1 Å². The summed E-state index contributed by atoms with van der Waals surface area (Å²) in [5.41, 5.74) is 0.219. The Hall–Kier alpha value is -3.07. The van der Waals surface area contributed by atoms with Crippen LogP contribution in [0.5, 0.6) is 0 Å². The van der Waals surface area contributed by atoms with E-state index in [1.807, 2.05) is 0 Å². The Morgan fingerprint density at radius 3 is 2.11 bits per heavy atom.